The summed E-state index contributed by atoms with van der Waals surface area (Å²) in [5.41, 5.74) is 3.00. The van der Waals surface area contributed by atoms with Gasteiger partial charge in [-0.1, -0.05) is 54.1 Å². The summed E-state index contributed by atoms with van der Waals surface area (Å²) in [4.78, 5) is 40.1. The van der Waals surface area contributed by atoms with Crippen LogP contribution in [0.1, 0.15) is 27.0 Å². The summed E-state index contributed by atoms with van der Waals surface area (Å²) in [6.45, 7) is 2.14. The molecule has 5 rings (SSSR count). The maximum Gasteiger partial charge on any atom is 0.343 e. The number of methoxy groups -OCH3 is 1. The van der Waals surface area contributed by atoms with Crippen molar-refractivity contribution in [3.8, 4) is 11.5 Å². The van der Waals surface area contributed by atoms with Gasteiger partial charge >= 0.3 is 5.97 Å². The van der Waals surface area contributed by atoms with E-state index >= 15 is 0 Å². The molecule has 38 heavy (non-hydrogen) atoms. The molecule has 0 bridgehead atoms. The first-order chi connectivity index (χ1) is 18.3. The molecule has 0 aliphatic carbocycles. The third-order valence-corrected chi connectivity index (χ3v) is 7.77. The van der Waals surface area contributed by atoms with Gasteiger partial charge in [0.05, 0.1) is 27.7 Å². The number of fused-ring (bicyclic) bond motifs is 1. The Bertz CT molecular complexity index is 1610. The van der Waals surface area contributed by atoms with Crippen LogP contribution in [0.5, 0.6) is 11.5 Å². The molecule has 0 aromatic heterocycles. The minimum absolute atomic E-state index is 0.196. The van der Waals surface area contributed by atoms with Gasteiger partial charge in [0.1, 0.15) is 0 Å². The van der Waals surface area contributed by atoms with E-state index in [2.05, 4.69) is 22.6 Å². The Kier molecular flexibility index (Phi) is 7.53. The monoisotopic (exact) mass is 635 g/mol. The van der Waals surface area contributed by atoms with Crippen LogP contribution in [-0.4, -0.2) is 29.1 Å². The normalized spacial score (nSPS) is 14.4. The van der Waals surface area contributed by atoms with E-state index in [9.17, 15) is 14.4 Å². The molecule has 0 spiro atoms. The second-order valence-corrected chi connectivity index (χ2v) is 10.9. The molecule has 4 aromatic rings. The summed E-state index contributed by atoms with van der Waals surface area (Å²) >= 11 is 2.96. The van der Waals surface area contributed by atoms with Crippen LogP contribution < -0.4 is 9.47 Å². The molecule has 2 amide bonds. The number of carbonyl (C=O) groups is 3. The van der Waals surface area contributed by atoms with Gasteiger partial charge in [-0.25, -0.2) is 4.79 Å². The smallest absolute Gasteiger partial charge is 0.343 e. The summed E-state index contributed by atoms with van der Waals surface area (Å²) in [7, 11) is 1.48. The molecule has 1 heterocycles. The third kappa shape index (κ3) is 5.46. The Labute approximate surface area is 237 Å². The maximum atomic E-state index is 13.1. The number of halogens is 1. The Balaban J connectivity index is 1.36. The maximum absolute atomic E-state index is 13.1. The van der Waals surface area contributed by atoms with Gasteiger partial charge in [0.15, 0.2) is 11.5 Å². The van der Waals surface area contributed by atoms with Crippen molar-refractivity contribution in [1.82, 2.24) is 4.90 Å². The fraction of sp³-hybridized carbons (Fsp3) is 0.100. The number of hydrogen-bond acceptors (Lipinski definition) is 6. The van der Waals surface area contributed by atoms with Gasteiger partial charge in [-0.05, 0) is 99.6 Å². The number of amides is 2. The van der Waals surface area contributed by atoms with Gasteiger partial charge in [-0.2, -0.15) is 0 Å². The molecule has 0 radical (unpaired) electrons. The number of carbonyl (C=O) groups excluding carboxylic acids is 3. The molecular formula is C30H22INO5S. The topological polar surface area (TPSA) is 72.9 Å². The Morgan fingerprint density at radius 3 is 2.45 bits per heavy atom. The third-order valence-electron chi connectivity index (χ3n) is 6.06. The zero-order chi connectivity index (χ0) is 26.8. The van der Waals surface area contributed by atoms with Gasteiger partial charge in [0.25, 0.3) is 11.1 Å². The summed E-state index contributed by atoms with van der Waals surface area (Å²) in [6.07, 6.45) is 1.65. The van der Waals surface area contributed by atoms with E-state index in [1.54, 1.807) is 30.3 Å². The highest BCUT2D eigenvalue weighted by molar-refractivity contribution is 14.1. The molecule has 190 valence electrons. The van der Waals surface area contributed by atoms with Crippen LogP contribution in [0.3, 0.4) is 0 Å². The van der Waals surface area contributed by atoms with Crippen molar-refractivity contribution in [2.24, 2.45) is 0 Å². The van der Waals surface area contributed by atoms with E-state index in [4.69, 9.17) is 9.47 Å². The van der Waals surface area contributed by atoms with Gasteiger partial charge in [0.2, 0.25) is 0 Å². The number of thioether (sulfide) groups is 1. The van der Waals surface area contributed by atoms with Crippen LogP contribution >= 0.6 is 34.4 Å². The molecule has 6 nitrogen and oxygen atoms in total. The van der Waals surface area contributed by atoms with E-state index in [1.165, 1.54) is 12.0 Å². The average molecular weight is 635 g/mol. The molecule has 8 heteroatoms. The fourth-order valence-electron chi connectivity index (χ4n) is 4.07. The molecular weight excluding hydrogens is 613 g/mol. The lowest BCUT2D eigenvalue weighted by atomic mass is 10.1. The number of ether oxygens (including phenoxy) is 2. The molecule has 1 aliphatic rings. The quantitative estimate of drug-likeness (QED) is 0.0965. The first-order valence-electron chi connectivity index (χ1n) is 11.7. The number of nitrogens with zero attached hydrogens (tertiary/aromatic N) is 1. The van der Waals surface area contributed by atoms with E-state index in [0.29, 0.717) is 31.1 Å². The molecule has 0 saturated carbocycles. The van der Waals surface area contributed by atoms with Crippen LogP contribution in [0.4, 0.5) is 4.79 Å². The van der Waals surface area contributed by atoms with Crippen molar-refractivity contribution in [3.63, 3.8) is 0 Å². The van der Waals surface area contributed by atoms with Crippen molar-refractivity contribution in [3.05, 3.63) is 110 Å². The highest BCUT2D eigenvalue weighted by atomic mass is 127. The Morgan fingerprint density at radius 1 is 0.974 bits per heavy atom. The summed E-state index contributed by atoms with van der Waals surface area (Å²) in [5.74, 6) is -0.208. The summed E-state index contributed by atoms with van der Waals surface area (Å²) < 4.78 is 11.8. The molecule has 1 fully saturated rings. The second kappa shape index (κ2) is 11.0. The molecule has 0 atom stereocenters. The molecule has 4 aromatic carbocycles. The molecule has 1 aliphatic heterocycles. The van der Waals surface area contributed by atoms with Crippen LogP contribution in [0.25, 0.3) is 16.8 Å². The van der Waals surface area contributed by atoms with Crippen molar-refractivity contribution >= 4 is 68.3 Å². The number of aryl methyl sites for hydroxylation is 1. The number of esters is 1. The summed E-state index contributed by atoms with van der Waals surface area (Å²) in [5, 5.41) is 1.83. The van der Waals surface area contributed by atoms with Crippen molar-refractivity contribution in [2.75, 3.05) is 7.11 Å². The number of imide groups is 1. The lowest BCUT2D eigenvalue weighted by Crippen LogP contribution is -2.27. The number of benzene rings is 4. The number of hydrogen-bond donors (Lipinski definition) is 0. The van der Waals surface area contributed by atoms with E-state index in [1.807, 2.05) is 61.5 Å². The van der Waals surface area contributed by atoms with Crippen LogP contribution in [0, 0.1) is 10.5 Å². The van der Waals surface area contributed by atoms with Crippen LogP contribution in [0.15, 0.2) is 83.8 Å². The highest BCUT2D eigenvalue weighted by Gasteiger charge is 2.35. The van der Waals surface area contributed by atoms with E-state index in [0.717, 1.165) is 33.7 Å². The van der Waals surface area contributed by atoms with Crippen molar-refractivity contribution in [1.29, 1.82) is 0 Å². The minimum Gasteiger partial charge on any atom is -0.493 e. The first kappa shape index (κ1) is 26.0. The average Bonchev–Trinajstić information content (AvgIpc) is 3.17. The Hall–Kier alpha value is -3.63. The second-order valence-electron chi connectivity index (χ2n) is 8.74. The number of rotatable bonds is 6. The predicted octanol–water partition coefficient (Wildman–Crippen LogP) is 7.22. The van der Waals surface area contributed by atoms with Crippen LogP contribution in [-0.2, 0) is 11.3 Å². The van der Waals surface area contributed by atoms with Gasteiger partial charge in [-0.3, -0.25) is 14.5 Å². The largest absolute Gasteiger partial charge is 0.493 e. The molecule has 1 saturated heterocycles. The lowest BCUT2D eigenvalue weighted by Gasteiger charge is -2.13. The van der Waals surface area contributed by atoms with Crippen molar-refractivity contribution < 1.29 is 23.9 Å². The Morgan fingerprint density at radius 2 is 1.71 bits per heavy atom. The zero-order valence-corrected chi connectivity index (χ0v) is 23.5. The SMILES string of the molecule is COc1cc(/C=C2\SC(=O)N(Cc3ccc4ccccc4c3)C2=O)cc(I)c1OC(=O)c1ccc(C)cc1. The molecule has 0 N–H and O–H groups in total. The first-order valence-corrected chi connectivity index (χ1v) is 13.6. The van der Waals surface area contributed by atoms with Gasteiger partial charge in [-0.15, -0.1) is 0 Å². The standard InChI is InChI=1S/C30H22INO5S/c1-18-7-10-22(11-8-18)29(34)37-27-24(31)14-20(15-25(27)36-2)16-26-28(33)32(30(35)38-26)17-19-9-12-21-5-3-4-6-23(21)13-19/h3-16H,17H2,1-2H3/b26-16-. The van der Waals surface area contributed by atoms with Gasteiger partial charge < -0.3 is 9.47 Å². The fourth-order valence-corrected chi connectivity index (χ4v) is 5.64. The van der Waals surface area contributed by atoms with Gasteiger partial charge in [0, 0.05) is 0 Å². The summed E-state index contributed by atoms with van der Waals surface area (Å²) in [6, 6.07) is 24.4. The van der Waals surface area contributed by atoms with Crippen molar-refractivity contribution in [2.45, 2.75) is 13.5 Å². The predicted molar refractivity (Wildman–Crippen MR) is 157 cm³/mol. The van der Waals surface area contributed by atoms with Crippen LogP contribution in [0.2, 0.25) is 0 Å². The zero-order valence-electron chi connectivity index (χ0n) is 20.6. The molecule has 0 unspecified atom stereocenters. The highest BCUT2D eigenvalue weighted by Crippen LogP contribution is 2.38. The lowest BCUT2D eigenvalue weighted by molar-refractivity contribution is -0.123. The van der Waals surface area contributed by atoms with E-state index in [-0.39, 0.29) is 17.7 Å². The minimum atomic E-state index is -0.497. The van der Waals surface area contributed by atoms with E-state index < -0.39 is 5.97 Å².